The van der Waals surface area contributed by atoms with Crippen LogP contribution in [0.25, 0.3) is 49.7 Å². The van der Waals surface area contributed by atoms with Gasteiger partial charge < -0.3 is 4.40 Å². The number of para-hydroxylation sites is 3. The number of halogens is 1. The fraction of sp³-hybridized carbons (Fsp3) is 0. The number of pyridine rings is 1. The Morgan fingerprint density at radius 1 is 0.607 bits per heavy atom. The van der Waals surface area contributed by atoms with Crippen LogP contribution in [0, 0.1) is 0 Å². The molecule has 0 aliphatic carbocycles. The largest absolute Gasteiger partial charge is 0.305 e. The summed E-state index contributed by atoms with van der Waals surface area (Å²) in [6, 6.07) is 29.2. The molecule has 0 saturated carbocycles. The highest BCUT2D eigenvalue weighted by atomic mass is 79.9. The van der Waals surface area contributed by atoms with Gasteiger partial charge in [0.25, 0.3) is 0 Å². The molecule has 3 heterocycles. The minimum atomic E-state index is 0.885. The predicted octanol–water partition coefficient (Wildman–Crippen LogP) is 6.62. The molecule has 0 aliphatic heterocycles. The highest BCUT2D eigenvalue weighted by Crippen LogP contribution is 2.33. The maximum Gasteiger partial charge on any atom is 0.113 e. The molecule has 0 unspecified atom stereocenters. The van der Waals surface area contributed by atoms with Gasteiger partial charge in [0.2, 0.25) is 0 Å². The molecule has 132 valence electrons. The van der Waals surface area contributed by atoms with E-state index < -0.39 is 0 Å². The summed E-state index contributed by atoms with van der Waals surface area (Å²) in [6.07, 6.45) is 0. The van der Waals surface area contributed by atoms with E-state index in [4.69, 9.17) is 9.97 Å². The van der Waals surface area contributed by atoms with E-state index in [1.165, 1.54) is 10.9 Å². The van der Waals surface area contributed by atoms with Gasteiger partial charge in [-0.25, -0.2) is 9.97 Å². The zero-order valence-corrected chi connectivity index (χ0v) is 16.4. The molecule has 0 aliphatic rings. The summed E-state index contributed by atoms with van der Waals surface area (Å²) in [7, 11) is 0. The maximum absolute atomic E-state index is 5.00. The van der Waals surface area contributed by atoms with Crippen LogP contribution in [-0.4, -0.2) is 14.4 Å². The van der Waals surface area contributed by atoms with E-state index in [1.807, 2.05) is 24.3 Å². The Morgan fingerprint density at radius 2 is 1.43 bits per heavy atom. The van der Waals surface area contributed by atoms with Gasteiger partial charge in [0.05, 0.1) is 33.3 Å². The molecule has 0 amide bonds. The molecule has 0 bridgehead atoms. The molecular weight excluding hydrogens is 410 g/mol. The number of rotatable bonds is 1. The fourth-order valence-electron chi connectivity index (χ4n) is 3.93. The molecule has 0 fully saturated rings. The Morgan fingerprint density at radius 3 is 2.36 bits per heavy atom. The topological polar surface area (TPSA) is 30.2 Å². The molecule has 6 aromatic rings. The molecular formula is C24H14BrN3. The molecule has 3 aromatic heterocycles. The van der Waals surface area contributed by atoms with Crippen LogP contribution in [0.3, 0.4) is 0 Å². The lowest BCUT2D eigenvalue weighted by molar-refractivity contribution is 1.25. The Labute approximate surface area is 169 Å². The van der Waals surface area contributed by atoms with Gasteiger partial charge in [-0.2, -0.15) is 0 Å². The quantitative estimate of drug-likeness (QED) is 0.297. The lowest BCUT2D eigenvalue weighted by Crippen LogP contribution is -1.96. The number of fused-ring (bicyclic) bond motifs is 6. The van der Waals surface area contributed by atoms with Crippen LogP contribution in [0.4, 0.5) is 0 Å². The van der Waals surface area contributed by atoms with Crippen LogP contribution in [0.2, 0.25) is 0 Å². The smallest absolute Gasteiger partial charge is 0.113 e. The van der Waals surface area contributed by atoms with Crippen LogP contribution >= 0.6 is 15.9 Å². The molecule has 3 nitrogen and oxygen atoms in total. The molecule has 3 aromatic carbocycles. The number of hydrogen-bond acceptors (Lipinski definition) is 2. The SMILES string of the molecule is Brc1ccc2c(c1)cc1c(-c3ccc4ccccc4n3)nc3ccccc3n12. The fourth-order valence-corrected chi connectivity index (χ4v) is 4.31. The van der Waals surface area contributed by atoms with Gasteiger partial charge in [-0.1, -0.05) is 52.3 Å². The van der Waals surface area contributed by atoms with Gasteiger partial charge in [0, 0.05) is 15.2 Å². The van der Waals surface area contributed by atoms with Crippen LogP contribution < -0.4 is 0 Å². The minimum absolute atomic E-state index is 0.885. The van der Waals surface area contributed by atoms with E-state index in [-0.39, 0.29) is 0 Å². The Bertz CT molecular complexity index is 1530. The molecule has 28 heavy (non-hydrogen) atoms. The Kier molecular flexibility index (Phi) is 3.31. The molecule has 6 rings (SSSR count). The first-order valence-electron chi connectivity index (χ1n) is 9.13. The monoisotopic (exact) mass is 423 g/mol. The zero-order chi connectivity index (χ0) is 18.7. The van der Waals surface area contributed by atoms with Crippen molar-refractivity contribution in [1.82, 2.24) is 14.4 Å². The van der Waals surface area contributed by atoms with Crippen molar-refractivity contribution in [3.05, 3.63) is 89.4 Å². The van der Waals surface area contributed by atoms with Gasteiger partial charge in [0.1, 0.15) is 5.69 Å². The third-order valence-electron chi connectivity index (χ3n) is 5.20. The van der Waals surface area contributed by atoms with Crippen molar-refractivity contribution in [1.29, 1.82) is 0 Å². The highest BCUT2D eigenvalue weighted by Gasteiger charge is 2.15. The van der Waals surface area contributed by atoms with E-state index in [1.54, 1.807) is 0 Å². The van der Waals surface area contributed by atoms with E-state index >= 15 is 0 Å². The molecule has 4 heteroatoms. The predicted molar refractivity (Wildman–Crippen MR) is 119 cm³/mol. The standard InChI is InChI=1S/C24H14BrN3/c25-17-10-12-21-16(13-17)14-23-24(27-19-7-3-4-8-22(19)28(21)23)20-11-9-15-5-1-2-6-18(15)26-20/h1-14H. The summed E-state index contributed by atoms with van der Waals surface area (Å²) in [5.74, 6) is 0. The van der Waals surface area contributed by atoms with Gasteiger partial charge in [-0.05, 0) is 48.5 Å². The minimum Gasteiger partial charge on any atom is -0.305 e. The van der Waals surface area contributed by atoms with E-state index in [2.05, 4.69) is 81.0 Å². The molecule has 0 atom stereocenters. The van der Waals surface area contributed by atoms with E-state index in [0.29, 0.717) is 0 Å². The molecule has 0 N–H and O–H groups in total. The summed E-state index contributed by atoms with van der Waals surface area (Å²) in [6.45, 7) is 0. The van der Waals surface area contributed by atoms with Crippen LogP contribution in [0.15, 0.2) is 89.4 Å². The van der Waals surface area contributed by atoms with Crippen molar-refractivity contribution in [3.63, 3.8) is 0 Å². The summed E-state index contributed by atoms with van der Waals surface area (Å²) in [5.41, 5.74) is 7.05. The first-order valence-corrected chi connectivity index (χ1v) is 9.93. The second-order valence-corrected chi connectivity index (χ2v) is 7.82. The van der Waals surface area contributed by atoms with E-state index in [9.17, 15) is 0 Å². The molecule has 0 saturated heterocycles. The third kappa shape index (κ3) is 2.28. The van der Waals surface area contributed by atoms with Crippen molar-refractivity contribution in [3.8, 4) is 11.4 Å². The van der Waals surface area contributed by atoms with Gasteiger partial charge >= 0.3 is 0 Å². The van der Waals surface area contributed by atoms with Crippen LogP contribution in [0.5, 0.6) is 0 Å². The summed E-state index contributed by atoms with van der Waals surface area (Å²) >= 11 is 3.59. The first-order chi connectivity index (χ1) is 13.8. The zero-order valence-electron chi connectivity index (χ0n) is 14.8. The number of benzene rings is 3. The Hall–Kier alpha value is -3.24. The second-order valence-electron chi connectivity index (χ2n) is 6.91. The first kappa shape index (κ1) is 15.8. The summed E-state index contributed by atoms with van der Waals surface area (Å²) in [5, 5.41) is 2.31. The average Bonchev–Trinajstić information content (AvgIpc) is 3.11. The number of hydrogen-bond donors (Lipinski definition) is 0. The normalized spacial score (nSPS) is 11.8. The van der Waals surface area contributed by atoms with E-state index in [0.717, 1.165) is 43.3 Å². The lowest BCUT2D eigenvalue weighted by Gasteiger charge is -2.09. The van der Waals surface area contributed by atoms with Crippen molar-refractivity contribution < 1.29 is 0 Å². The maximum atomic E-state index is 5.00. The van der Waals surface area contributed by atoms with Gasteiger partial charge in [-0.15, -0.1) is 0 Å². The Balaban J connectivity index is 1.78. The van der Waals surface area contributed by atoms with Crippen LogP contribution in [0.1, 0.15) is 0 Å². The van der Waals surface area contributed by atoms with Crippen LogP contribution in [-0.2, 0) is 0 Å². The average molecular weight is 424 g/mol. The molecule has 0 radical (unpaired) electrons. The van der Waals surface area contributed by atoms with Crippen molar-refractivity contribution >= 4 is 54.3 Å². The van der Waals surface area contributed by atoms with Gasteiger partial charge in [-0.3, -0.25) is 0 Å². The number of nitrogens with zero attached hydrogens (tertiary/aromatic N) is 3. The summed E-state index contributed by atoms with van der Waals surface area (Å²) in [4.78, 5) is 9.91. The second kappa shape index (κ2) is 5.88. The van der Waals surface area contributed by atoms with Crippen molar-refractivity contribution in [2.75, 3.05) is 0 Å². The van der Waals surface area contributed by atoms with Crippen molar-refractivity contribution in [2.24, 2.45) is 0 Å². The van der Waals surface area contributed by atoms with Crippen molar-refractivity contribution in [2.45, 2.75) is 0 Å². The number of aromatic nitrogens is 3. The lowest BCUT2D eigenvalue weighted by atomic mass is 10.1. The highest BCUT2D eigenvalue weighted by molar-refractivity contribution is 9.10. The third-order valence-corrected chi connectivity index (χ3v) is 5.70. The summed E-state index contributed by atoms with van der Waals surface area (Å²) < 4.78 is 3.36. The molecule has 0 spiro atoms. The van der Waals surface area contributed by atoms with Gasteiger partial charge in [0.15, 0.2) is 0 Å².